The van der Waals surface area contributed by atoms with E-state index < -0.39 is 0 Å². The third-order valence-corrected chi connectivity index (χ3v) is 7.61. The average molecular weight is 379 g/mol. The molecule has 3 heterocycles. The number of nitrogens with zero attached hydrogens (tertiary/aromatic N) is 3. The van der Waals surface area contributed by atoms with E-state index >= 15 is 0 Å². The van der Waals surface area contributed by atoms with E-state index in [0.29, 0.717) is 0 Å². The molecule has 0 amide bonds. The van der Waals surface area contributed by atoms with E-state index in [1.54, 1.807) is 0 Å². The number of hydrogen-bond donors (Lipinski definition) is 1. The lowest BCUT2D eigenvalue weighted by molar-refractivity contribution is 0.103. The average Bonchev–Trinajstić information content (AvgIpc) is 2.69. The molecule has 0 aromatic rings. The second kappa shape index (κ2) is 11.1. The molecule has 4 heteroatoms. The van der Waals surface area contributed by atoms with E-state index in [0.717, 1.165) is 30.3 Å². The molecule has 1 N–H and O–H groups in total. The summed E-state index contributed by atoms with van der Waals surface area (Å²) >= 11 is 0. The lowest BCUT2D eigenvalue weighted by Crippen LogP contribution is -2.46. The zero-order chi connectivity index (χ0) is 19.1. The highest BCUT2D eigenvalue weighted by Gasteiger charge is 2.25. The van der Waals surface area contributed by atoms with Crippen molar-refractivity contribution in [3.8, 4) is 0 Å². The fraction of sp³-hybridized carbons (Fsp3) is 1.00. The number of rotatable bonds is 8. The second-order valence-corrected chi connectivity index (χ2v) is 9.84. The molecule has 0 saturated carbocycles. The summed E-state index contributed by atoms with van der Waals surface area (Å²) in [6, 6.07) is 0.777. The maximum atomic E-state index is 3.63. The Morgan fingerprint density at radius 1 is 0.741 bits per heavy atom. The largest absolute Gasteiger partial charge is 0.314 e. The van der Waals surface area contributed by atoms with Crippen LogP contribution in [-0.4, -0.2) is 86.2 Å². The van der Waals surface area contributed by atoms with Gasteiger partial charge < -0.3 is 20.0 Å². The lowest BCUT2D eigenvalue weighted by Gasteiger charge is -2.39. The van der Waals surface area contributed by atoms with Crippen LogP contribution in [0.2, 0.25) is 0 Å². The second-order valence-electron chi connectivity index (χ2n) is 9.84. The minimum atomic E-state index is 0.777. The Kier molecular flexibility index (Phi) is 8.89. The minimum absolute atomic E-state index is 0.777. The van der Waals surface area contributed by atoms with Gasteiger partial charge in [-0.05, 0) is 102 Å². The predicted octanol–water partition coefficient (Wildman–Crippen LogP) is 3.14. The first kappa shape index (κ1) is 21.5. The molecule has 27 heavy (non-hydrogen) atoms. The van der Waals surface area contributed by atoms with Crippen molar-refractivity contribution in [1.29, 1.82) is 0 Å². The fourth-order valence-electron chi connectivity index (χ4n) is 5.49. The van der Waals surface area contributed by atoms with E-state index in [1.165, 1.54) is 97.4 Å². The van der Waals surface area contributed by atoms with Gasteiger partial charge in [0.2, 0.25) is 0 Å². The van der Waals surface area contributed by atoms with E-state index in [9.17, 15) is 0 Å². The van der Waals surface area contributed by atoms with Gasteiger partial charge >= 0.3 is 0 Å². The molecule has 0 atom stereocenters. The highest BCUT2D eigenvalue weighted by atomic mass is 15.2. The van der Waals surface area contributed by atoms with Gasteiger partial charge in [0.1, 0.15) is 0 Å². The van der Waals surface area contributed by atoms with Crippen LogP contribution in [-0.2, 0) is 0 Å². The molecular weight excluding hydrogens is 332 g/mol. The van der Waals surface area contributed by atoms with Crippen LogP contribution in [0.25, 0.3) is 0 Å². The number of hydrogen-bond acceptors (Lipinski definition) is 4. The van der Waals surface area contributed by atoms with Crippen molar-refractivity contribution >= 4 is 0 Å². The van der Waals surface area contributed by atoms with E-state index in [4.69, 9.17) is 0 Å². The zero-order valence-electron chi connectivity index (χ0n) is 18.5. The maximum Gasteiger partial charge on any atom is 0.0109 e. The molecular formula is C23H46N4. The van der Waals surface area contributed by atoms with Crippen LogP contribution < -0.4 is 5.32 Å². The van der Waals surface area contributed by atoms with Gasteiger partial charge in [-0.1, -0.05) is 20.8 Å². The Morgan fingerprint density at radius 2 is 1.26 bits per heavy atom. The molecule has 4 nitrogen and oxygen atoms in total. The van der Waals surface area contributed by atoms with Crippen molar-refractivity contribution < 1.29 is 0 Å². The molecule has 0 radical (unpaired) electrons. The zero-order valence-corrected chi connectivity index (χ0v) is 18.5. The normalized spacial score (nSPS) is 26.2. The third kappa shape index (κ3) is 6.99. The summed E-state index contributed by atoms with van der Waals surface area (Å²) in [6.45, 7) is 20.1. The van der Waals surface area contributed by atoms with Gasteiger partial charge in [-0.25, -0.2) is 0 Å². The fourth-order valence-corrected chi connectivity index (χ4v) is 5.49. The van der Waals surface area contributed by atoms with Gasteiger partial charge in [0, 0.05) is 25.7 Å². The summed E-state index contributed by atoms with van der Waals surface area (Å²) in [5, 5.41) is 3.63. The van der Waals surface area contributed by atoms with Crippen molar-refractivity contribution in [2.75, 3.05) is 65.4 Å². The lowest BCUT2D eigenvalue weighted by atomic mass is 9.87. The Bertz CT molecular complexity index is 389. The molecule has 0 aliphatic carbocycles. The molecule has 3 aliphatic rings. The molecule has 3 aliphatic heterocycles. The molecule has 0 bridgehead atoms. The van der Waals surface area contributed by atoms with Crippen LogP contribution >= 0.6 is 0 Å². The first-order valence-electron chi connectivity index (χ1n) is 12.0. The quantitative estimate of drug-likeness (QED) is 0.700. The number of nitrogens with one attached hydrogen (secondary N) is 1. The van der Waals surface area contributed by atoms with Gasteiger partial charge in [0.05, 0.1) is 0 Å². The van der Waals surface area contributed by atoms with Crippen LogP contribution in [0.15, 0.2) is 0 Å². The smallest absolute Gasteiger partial charge is 0.0109 e. The SMILES string of the molecule is CCNC1CCN(CC2CCN(CCN3CCC(C(C)C)CC3)CC2)CC1. The van der Waals surface area contributed by atoms with Crippen molar-refractivity contribution in [3.05, 3.63) is 0 Å². The Hall–Kier alpha value is -0.160. The molecule has 3 rings (SSSR count). The van der Waals surface area contributed by atoms with E-state index in [1.807, 2.05) is 0 Å². The molecule has 3 saturated heterocycles. The van der Waals surface area contributed by atoms with Crippen LogP contribution in [0.3, 0.4) is 0 Å². The highest BCUT2D eigenvalue weighted by Crippen LogP contribution is 2.25. The van der Waals surface area contributed by atoms with Gasteiger partial charge in [0.25, 0.3) is 0 Å². The molecule has 0 aromatic heterocycles. The van der Waals surface area contributed by atoms with Gasteiger partial charge in [-0.3, -0.25) is 0 Å². The summed E-state index contributed by atoms with van der Waals surface area (Å²) in [6.07, 6.45) is 8.37. The van der Waals surface area contributed by atoms with Crippen molar-refractivity contribution in [2.24, 2.45) is 17.8 Å². The molecule has 0 aromatic carbocycles. The molecule has 0 spiro atoms. The first-order valence-corrected chi connectivity index (χ1v) is 12.0. The number of piperidine rings is 3. The van der Waals surface area contributed by atoms with Gasteiger partial charge in [-0.2, -0.15) is 0 Å². The summed E-state index contributed by atoms with van der Waals surface area (Å²) in [5.74, 6) is 2.79. The maximum absolute atomic E-state index is 3.63. The topological polar surface area (TPSA) is 21.8 Å². The standard InChI is InChI=1S/C23H46N4/c1-4-24-23-9-15-27(16-10-23)19-21-5-11-25(12-6-21)17-18-26-13-7-22(8-14-26)20(2)3/h20-24H,4-19H2,1-3H3. The van der Waals surface area contributed by atoms with Crippen molar-refractivity contribution in [1.82, 2.24) is 20.0 Å². The first-order chi connectivity index (χ1) is 13.1. The van der Waals surface area contributed by atoms with Crippen LogP contribution in [0, 0.1) is 17.8 Å². The minimum Gasteiger partial charge on any atom is -0.314 e. The third-order valence-electron chi connectivity index (χ3n) is 7.61. The predicted molar refractivity (Wildman–Crippen MR) is 116 cm³/mol. The Balaban J connectivity index is 1.25. The van der Waals surface area contributed by atoms with E-state index in [2.05, 4.69) is 40.8 Å². The summed E-state index contributed by atoms with van der Waals surface area (Å²) < 4.78 is 0. The van der Waals surface area contributed by atoms with Crippen molar-refractivity contribution in [3.63, 3.8) is 0 Å². The van der Waals surface area contributed by atoms with Crippen molar-refractivity contribution in [2.45, 2.75) is 65.3 Å². The highest BCUT2D eigenvalue weighted by molar-refractivity contribution is 4.81. The summed E-state index contributed by atoms with van der Waals surface area (Å²) in [5.41, 5.74) is 0. The number of likely N-dealkylation sites (tertiary alicyclic amines) is 3. The van der Waals surface area contributed by atoms with Crippen LogP contribution in [0.5, 0.6) is 0 Å². The Labute approximate surface area is 169 Å². The summed E-state index contributed by atoms with van der Waals surface area (Å²) in [4.78, 5) is 8.20. The molecule has 3 fully saturated rings. The monoisotopic (exact) mass is 378 g/mol. The molecule has 0 unspecified atom stereocenters. The summed E-state index contributed by atoms with van der Waals surface area (Å²) in [7, 11) is 0. The Morgan fingerprint density at radius 3 is 1.78 bits per heavy atom. The van der Waals surface area contributed by atoms with E-state index in [-0.39, 0.29) is 0 Å². The van der Waals surface area contributed by atoms with Crippen LogP contribution in [0.4, 0.5) is 0 Å². The molecule has 158 valence electrons. The van der Waals surface area contributed by atoms with Gasteiger partial charge in [-0.15, -0.1) is 0 Å². The van der Waals surface area contributed by atoms with Crippen LogP contribution in [0.1, 0.15) is 59.3 Å². The van der Waals surface area contributed by atoms with Gasteiger partial charge in [0.15, 0.2) is 0 Å².